The quantitative estimate of drug-likeness (QED) is 0.271. The van der Waals surface area contributed by atoms with Gasteiger partial charge >= 0.3 is 0 Å². The lowest BCUT2D eigenvalue weighted by atomic mass is 10.2. The number of hydrogen-bond donors (Lipinski definition) is 4. The summed E-state index contributed by atoms with van der Waals surface area (Å²) in [5.74, 6) is -2.60. The molecule has 0 radical (unpaired) electrons. The van der Waals surface area contributed by atoms with Crippen molar-refractivity contribution in [2.45, 2.75) is 19.0 Å². The number of Topliss-reactive ketones (excluding diaryl/α,β-unsaturated/α-hetero) is 1. The molecule has 0 spiro atoms. The number of aromatic nitrogens is 2. The Hall–Kier alpha value is -3.14. The minimum absolute atomic E-state index is 0.0179. The van der Waals surface area contributed by atoms with Crippen LogP contribution < -0.4 is 16.6 Å². The minimum Gasteiger partial charge on any atom is -0.511 e. The van der Waals surface area contributed by atoms with Crippen molar-refractivity contribution in [2.24, 2.45) is 0 Å². The lowest BCUT2D eigenvalue weighted by Gasteiger charge is -2.09. The molecule has 0 aliphatic carbocycles. The molecule has 0 saturated carbocycles. The maximum absolute atomic E-state index is 13.6. The number of nitrogen functional groups attached to an aromatic ring is 1. The van der Waals surface area contributed by atoms with Gasteiger partial charge in [-0.1, -0.05) is 12.1 Å². The first-order valence-electron chi connectivity index (χ1n) is 7.25. The largest absolute Gasteiger partial charge is 0.511 e. The third-order valence-corrected chi connectivity index (χ3v) is 4.30. The number of aliphatic hydroxyl groups excluding tert-OH is 1. The molecule has 136 valence electrons. The topological polar surface area (TPSA) is 138 Å². The van der Waals surface area contributed by atoms with Crippen LogP contribution in [0.5, 0.6) is 0 Å². The molecule has 1 aromatic heterocycles. The Morgan fingerprint density at radius 2 is 1.96 bits per heavy atom. The highest BCUT2D eigenvalue weighted by molar-refractivity contribution is 8.03. The summed E-state index contributed by atoms with van der Waals surface area (Å²) in [6.07, 6.45) is 0. The van der Waals surface area contributed by atoms with Crippen LogP contribution in [0, 0.1) is 5.82 Å². The molecule has 5 N–H and O–H groups in total. The molecule has 0 bridgehead atoms. The van der Waals surface area contributed by atoms with E-state index in [4.69, 9.17) is 5.73 Å². The van der Waals surface area contributed by atoms with Gasteiger partial charge in [0.05, 0.1) is 10.5 Å². The van der Waals surface area contributed by atoms with Gasteiger partial charge in [0, 0.05) is 0 Å². The second-order valence-corrected chi connectivity index (χ2v) is 6.14. The van der Waals surface area contributed by atoms with Gasteiger partial charge in [-0.25, -0.2) is 9.37 Å². The van der Waals surface area contributed by atoms with Crippen LogP contribution in [0.1, 0.15) is 24.2 Å². The highest BCUT2D eigenvalue weighted by Crippen LogP contribution is 2.27. The number of nitrogens with zero attached hydrogens (tertiary/aromatic N) is 1. The Labute approximate surface area is 151 Å². The van der Waals surface area contributed by atoms with Gasteiger partial charge in [0.15, 0.2) is 16.8 Å². The van der Waals surface area contributed by atoms with E-state index in [9.17, 15) is 23.9 Å². The van der Waals surface area contributed by atoms with E-state index >= 15 is 0 Å². The van der Waals surface area contributed by atoms with Crippen molar-refractivity contribution in [3.05, 3.63) is 56.7 Å². The van der Waals surface area contributed by atoms with Crippen molar-refractivity contribution < 1.29 is 19.1 Å². The summed E-state index contributed by atoms with van der Waals surface area (Å²) < 4.78 is 13.6. The average molecular weight is 378 g/mol. The Morgan fingerprint density at radius 1 is 1.31 bits per heavy atom. The van der Waals surface area contributed by atoms with Crippen molar-refractivity contribution in [1.82, 2.24) is 9.97 Å². The number of halogens is 1. The van der Waals surface area contributed by atoms with Crippen LogP contribution >= 0.6 is 11.8 Å². The number of benzene rings is 1. The standard InChI is InChI=1S/C16H15FN4O4S/c1-7(22)12(8(2)23)26-16-20-13(18)11(15(25)21-16)19-14(24)9-5-3-4-6-10(9)17/h3-6,22H,1-2H3,(H,19,24)(H3,18,20,21,25)/b12-7-. The van der Waals surface area contributed by atoms with Crippen molar-refractivity contribution in [3.63, 3.8) is 0 Å². The van der Waals surface area contributed by atoms with E-state index in [0.29, 0.717) is 0 Å². The van der Waals surface area contributed by atoms with Crippen LogP contribution in [-0.2, 0) is 4.79 Å². The molecular weight excluding hydrogens is 363 g/mol. The summed E-state index contributed by atoms with van der Waals surface area (Å²) in [6.45, 7) is 2.56. The monoisotopic (exact) mass is 378 g/mol. The lowest BCUT2D eigenvalue weighted by molar-refractivity contribution is -0.113. The summed E-state index contributed by atoms with van der Waals surface area (Å²) in [7, 11) is 0. The number of carbonyl (C=O) groups is 2. The van der Waals surface area contributed by atoms with Gasteiger partial charge < -0.3 is 16.2 Å². The number of ketones is 1. The first kappa shape index (κ1) is 19.2. The highest BCUT2D eigenvalue weighted by atomic mass is 32.2. The molecule has 0 fully saturated rings. The lowest BCUT2D eigenvalue weighted by Crippen LogP contribution is -2.23. The number of carbonyl (C=O) groups excluding carboxylic acids is 2. The van der Waals surface area contributed by atoms with E-state index in [2.05, 4.69) is 15.3 Å². The van der Waals surface area contributed by atoms with E-state index in [1.54, 1.807) is 0 Å². The van der Waals surface area contributed by atoms with Gasteiger partial charge in [-0.3, -0.25) is 19.4 Å². The Bertz CT molecular complexity index is 967. The smallest absolute Gasteiger partial charge is 0.277 e. The summed E-state index contributed by atoms with van der Waals surface area (Å²) in [6, 6.07) is 5.24. The Morgan fingerprint density at radius 3 is 2.50 bits per heavy atom. The molecule has 0 aliphatic rings. The molecule has 10 heteroatoms. The zero-order valence-electron chi connectivity index (χ0n) is 13.8. The average Bonchev–Trinajstić information content (AvgIpc) is 2.55. The first-order valence-corrected chi connectivity index (χ1v) is 8.06. The molecule has 1 aromatic carbocycles. The second kappa shape index (κ2) is 7.83. The van der Waals surface area contributed by atoms with Crippen LogP contribution in [0.3, 0.4) is 0 Å². The summed E-state index contributed by atoms with van der Waals surface area (Å²) >= 11 is 0.720. The molecule has 0 unspecified atom stereocenters. The molecule has 0 aliphatic heterocycles. The number of aromatic amines is 1. The molecule has 26 heavy (non-hydrogen) atoms. The number of thioether (sulfide) groups is 1. The van der Waals surface area contributed by atoms with Gasteiger partial charge in [0.2, 0.25) is 0 Å². The molecule has 1 amide bonds. The van der Waals surface area contributed by atoms with Crippen LogP contribution in [0.15, 0.2) is 44.9 Å². The van der Waals surface area contributed by atoms with Crippen LogP contribution in [0.25, 0.3) is 0 Å². The van der Waals surface area contributed by atoms with Gasteiger partial charge in [-0.15, -0.1) is 0 Å². The SMILES string of the molecule is CC(=O)/C(Sc1nc(N)c(NC(=O)c2ccccc2F)c(=O)[nH]1)=C(\C)O. The molecule has 1 heterocycles. The van der Waals surface area contributed by atoms with Gasteiger partial charge in [-0.2, -0.15) is 0 Å². The van der Waals surface area contributed by atoms with E-state index in [-0.39, 0.29) is 32.9 Å². The number of nitrogens with two attached hydrogens (primary N) is 1. The number of H-pyrrole nitrogens is 1. The number of anilines is 2. The summed E-state index contributed by atoms with van der Waals surface area (Å²) in [5, 5.41) is 11.7. The maximum atomic E-state index is 13.6. The van der Waals surface area contributed by atoms with E-state index in [1.807, 2.05) is 0 Å². The number of hydrogen-bond acceptors (Lipinski definition) is 7. The molecule has 2 aromatic rings. The molecule has 0 atom stereocenters. The van der Waals surface area contributed by atoms with E-state index in [1.165, 1.54) is 32.0 Å². The Kier molecular flexibility index (Phi) is 5.78. The van der Waals surface area contributed by atoms with Crippen LogP contribution in [-0.4, -0.2) is 26.8 Å². The normalized spacial score (nSPS) is 11.7. The predicted molar refractivity (Wildman–Crippen MR) is 95.5 cm³/mol. The van der Waals surface area contributed by atoms with Crippen LogP contribution in [0.4, 0.5) is 15.9 Å². The van der Waals surface area contributed by atoms with Crippen molar-refractivity contribution in [1.29, 1.82) is 0 Å². The molecule has 8 nitrogen and oxygen atoms in total. The fourth-order valence-electron chi connectivity index (χ4n) is 1.96. The molecular formula is C16H15FN4O4S. The van der Waals surface area contributed by atoms with Crippen molar-refractivity contribution >= 4 is 35.0 Å². The predicted octanol–water partition coefficient (Wildman–Crippen LogP) is 2.21. The zero-order chi connectivity index (χ0) is 19.4. The highest BCUT2D eigenvalue weighted by Gasteiger charge is 2.18. The van der Waals surface area contributed by atoms with Gasteiger partial charge in [0.1, 0.15) is 17.3 Å². The summed E-state index contributed by atoms with van der Waals surface area (Å²) in [5.41, 5.74) is 4.30. The van der Waals surface area contributed by atoms with Gasteiger partial charge in [-0.05, 0) is 37.7 Å². The van der Waals surface area contributed by atoms with Gasteiger partial charge in [0.25, 0.3) is 11.5 Å². The maximum Gasteiger partial charge on any atom is 0.277 e. The number of rotatable bonds is 5. The van der Waals surface area contributed by atoms with Crippen LogP contribution in [0.2, 0.25) is 0 Å². The third-order valence-electron chi connectivity index (χ3n) is 3.13. The fourth-order valence-corrected chi connectivity index (χ4v) is 2.73. The molecule has 0 saturated heterocycles. The molecule has 2 rings (SSSR count). The zero-order valence-corrected chi connectivity index (χ0v) is 14.6. The number of nitrogens with one attached hydrogen (secondary N) is 2. The third kappa shape index (κ3) is 4.28. The first-order chi connectivity index (χ1) is 12.2. The minimum atomic E-state index is -0.863. The summed E-state index contributed by atoms with van der Waals surface area (Å²) in [4.78, 5) is 42.0. The van der Waals surface area contributed by atoms with E-state index in [0.717, 1.165) is 17.8 Å². The van der Waals surface area contributed by atoms with Crippen molar-refractivity contribution in [2.75, 3.05) is 11.1 Å². The fraction of sp³-hybridized carbons (Fsp3) is 0.125. The number of amides is 1. The Balaban J connectivity index is 2.32. The van der Waals surface area contributed by atoms with E-state index < -0.39 is 23.1 Å². The van der Waals surface area contributed by atoms with Crippen molar-refractivity contribution in [3.8, 4) is 0 Å². The second-order valence-electron chi connectivity index (χ2n) is 5.14. The number of allylic oxidation sites excluding steroid dienone is 2. The number of aliphatic hydroxyl groups is 1.